The van der Waals surface area contributed by atoms with Crippen molar-refractivity contribution in [2.24, 2.45) is 11.8 Å². The molecule has 1 aromatic rings. The van der Waals surface area contributed by atoms with Gasteiger partial charge in [-0.05, 0) is 25.7 Å². The molecule has 21 heavy (non-hydrogen) atoms. The highest BCUT2D eigenvalue weighted by atomic mass is 16.5. The van der Waals surface area contributed by atoms with Gasteiger partial charge >= 0.3 is 0 Å². The van der Waals surface area contributed by atoms with Crippen LogP contribution < -0.4 is 0 Å². The van der Waals surface area contributed by atoms with Crippen LogP contribution in [0.1, 0.15) is 50.8 Å². The quantitative estimate of drug-likeness (QED) is 0.790. The van der Waals surface area contributed by atoms with E-state index in [-0.39, 0.29) is 17.7 Å². The highest BCUT2D eigenvalue weighted by molar-refractivity contribution is 5.83. The predicted octanol–water partition coefficient (Wildman–Crippen LogP) is 3.51. The van der Waals surface area contributed by atoms with Gasteiger partial charge in [0.1, 0.15) is 0 Å². The van der Waals surface area contributed by atoms with Crippen molar-refractivity contribution in [1.29, 1.82) is 0 Å². The maximum Gasteiger partial charge on any atom is 0.228 e. The van der Waals surface area contributed by atoms with Gasteiger partial charge in [0.05, 0.1) is 12.1 Å². The Labute approximate surface area is 126 Å². The van der Waals surface area contributed by atoms with Gasteiger partial charge in [-0.1, -0.05) is 49.6 Å². The summed E-state index contributed by atoms with van der Waals surface area (Å²) in [7, 11) is 0. The molecule has 3 nitrogen and oxygen atoms in total. The fraction of sp³-hybridized carbons (Fsp3) is 0.611. The zero-order chi connectivity index (χ0) is 14.4. The molecular formula is C18H23NO2. The first-order valence-electron chi connectivity index (χ1n) is 8.21. The third kappa shape index (κ3) is 1.87. The van der Waals surface area contributed by atoms with Crippen LogP contribution >= 0.6 is 0 Å². The molecule has 1 aromatic carbocycles. The van der Waals surface area contributed by atoms with Crippen LogP contribution in [0.25, 0.3) is 0 Å². The van der Waals surface area contributed by atoms with Crippen LogP contribution in [-0.4, -0.2) is 23.0 Å². The van der Waals surface area contributed by atoms with Crippen molar-refractivity contribution in [3.05, 3.63) is 35.9 Å². The Hall–Kier alpha value is -1.35. The smallest absolute Gasteiger partial charge is 0.228 e. The Morgan fingerprint density at radius 1 is 1.14 bits per heavy atom. The summed E-state index contributed by atoms with van der Waals surface area (Å²) < 4.78 is 6.07. The van der Waals surface area contributed by atoms with Crippen molar-refractivity contribution in [3.8, 4) is 0 Å². The van der Waals surface area contributed by atoms with Crippen LogP contribution in [-0.2, 0) is 9.53 Å². The average Bonchev–Trinajstić information content (AvgIpc) is 2.80. The van der Waals surface area contributed by atoms with Crippen LogP contribution in [0.4, 0.5) is 0 Å². The summed E-state index contributed by atoms with van der Waals surface area (Å²) in [6, 6.07) is 10.2. The Bertz CT molecular complexity index is 543. The molecule has 3 heteroatoms. The van der Waals surface area contributed by atoms with Gasteiger partial charge in [0, 0.05) is 11.5 Å². The number of carbonyl (C=O) groups is 1. The van der Waals surface area contributed by atoms with E-state index < -0.39 is 0 Å². The van der Waals surface area contributed by atoms with Gasteiger partial charge in [0.25, 0.3) is 0 Å². The van der Waals surface area contributed by atoms with Crippen molar-refractivity contribution in [2.45, 2.75) is 50.8 Å². The van der Waals surface area contributed by atoms with E-state index in [2.05, 4.69) is 24.0 Å². The Kier molecular flexibility index (Phi) is 3.07. The van der Waals surface area contributed by atoms with Crippen LogP contribution in [0.3, 0.4) is 0 Å². The first-order valence-corrected chi connectivity index (χ1v) is 8.21. The molecule has 1 saturated carbocycles. The van der Waals surface area contributed by atoms with E-state index in [9.17, 15) is 4.79 Å². The third-order valence-electron chi connectivity index (χ3n) is 5.77. The Morgan fingerprint density at radius 2 is 1.90 bits per heavy atom. The lowest BCUT2D eigenvalue weighted by molar-refractivity contribution is -0.138. The van der Waals surface area contributed by atoms with Crippen LogP contribution in [0.2, 0.25) is 0 Å². The zero-order valence-electron chi connectivity index (χ0n) is 12.6. The molecule has 4 rings (SSSR count). The number of hydrogen-bond donors (Lipinski definition) is 0. The minimum absolute atomic E-state index is 0.105. The lowest BCUT2D eigenvalue weighted by Gasteiger charge is -2.33. The van der Waals surface area contributed by atoms with Gasteiger partial charge in [-0.15, -0.1) is 0 Å². The monoisotopic (exact) mass is 285 g/mol. The highest BCUT2D eigenvalue weighted by Gasteiger charge is 2.61. The minimum Gasteiger partial charge on any atom is -0.351 e. The van der Waals surface area contributed by atoms with Gasteiger partial charge < -0.3 is 9.64 Å². The number of rotatable bonds is 1. The molecule has 4 atom stereocenters. The molecule has 0 spiro atoms. The number of amides is 1. The molecule has 1 aliphatic carbocycles. The maximum absolute atomic E-state index is 13.0. The lowest BCUT2D eigenvalue weighted by atomic mass is 9.78. The molecule has 3 aliphatic rings. The molecule has 112 valence electrons. The van der Waals surface area contributed by atoms with E-state index >= 15 is 0 Å². The van der Waals surface area contributed by atoms with Gasteiger partial charge in [0.15, 0.2) is 6.23 Å². The van der Waals surface area contributed by atoms with Crippen molar-refractivity contribution in [2.75, 3.05) is 6.61 Å². The number of fused-ring (bicyclic) bond motifs is 3. The number of benzene rings is 1. The number of carbonyl (C=O) groups excluding carboxylic acids is 1. The zero-order valence-corrected chi connectivity index (χ0v) is 12.6. The van der Waals surface area contributed by atoms with Crippen molar-refractivity contribution >= 4 is 5.91 Å². The molecule has 0 aromatic heterocycles. The molecule has 2 heterocycles. The summed E-state index contributed by atoms with van der Waals surface area (Å²) in [5, 5.41) is 0. The molecule has 0 radical (unpaired) electrons. The van der Waals surface area contributed by atoms with Gasteiger partial charge in [-0.3, -0.25) is 4.79 Å². The van der Waals surface area contributed by atoms with Gasteiger partial charge in [-0.25, -0.2) is 0 Å². The average molecular weight is 285 g/mol. The summed E-state index contributed by atoms with van der Waals surface area (Å²) in [4.78, 5) is 15.1. The second-order valence-electron chi connectivity index (χ2n) is 6.99. The van der Waals surface area contributed by atoms with Crippen LogP contribution in [0.15, 0.2) is 30.3 Å². The van der Waals surface area contributed by atoms with Gasteiger partial charge in [-0.2, -0.15) is 0 Å². The van der Waals surface area contributed by atoms with Crippen molar-refractivity contribution in [3.63, 3.8) is 0 Å². The van der Waals surface area contributed by atoms with Crippen LogP contribution in [0.5, 0.6) is 0 Å². The first kappa shape index (κ1) is 13.3. The van der Waals surface area contributed by atoms with E-state index in [0.29, 0.717) is 18.4 Å². The third-order valence-corrected chi connectivity index (χ3v) is 5.77. The van der Waals surface area contributed by atoms with E-state index in [4.69, 9.17) is 4.74 Å². The van der Waals surface area contributed by atoms with E-state index in [0.717, 1.165) is 12.0 Å². The molecule has 0 N–H and O–H groups in total. The summed E-state index contributed by atoms with van der Waals surface area (Å²) in [5.41, 5.74) is 0.998. The normalized spacial score (nSPS) is 39.0. The topological polar surface area (TPSA) is 29.5 Å². The number of ether oxygens (including phenoxy) is 1. The predicted molar refractivity (Wildman–Crippen MR) is 80.5 cm³/mol. The SMILES string of the molecule is C[C@@]12CO[C@@H](c3ccccc3)N1C(=O)[C@@H]1CCCCCC12. The highest BCUT2D eigenvalue weighted by Crippen LogP contribution is 2.53. The fourth-order valence-corrected chi connectivity index (χ4v) is 4.70. The largest absolute Gasteiger partial charge is 0.351 e. The fourth-order valence-electron chi connectivity index (χ4n) is 4.70. The standard InChI is InChI=1S/C18H23NO2/c1-18-12-21-17(13-8-4-2-5-9-13)19(18)16(20)14-10-6-3-7-11-15(14)18/h2,4-5,8-9,14-15,17H,3,6-7,10-12H2,1H3/t14-,15?,17+,18+/m1/s1. The molecule has 1 amide bonds. The Balaban J connectivity index is 1.71. The molecule has 2 aliphatic heterocycles. The van der Waals surface area contributed by atoms with Crippen molar-refractivity contribution in [1.82, 2.24) is 4.90 Å². The maximum atomic E-state index is 13.0. The molecule has 0 bridgehead atoms. The number of hydrogen-bond acceptors (Lipinski definition) is 2. The number of nitrogens with zero attached hydrogens (tertiary/aromatic N) is 1. The molecular weight excluding hydrogens is 262 g/mol. The van der Waals surface area contributed by atoms with E-state index in [1.165, 1.54) is 25.7 Å². The lowest BCUT2D eigenvalue weighted by Crippen LogP contribution is -2.44. The first-order chi connectivity index (χ1) is 10.2. The second-order valence-corrected chi connectivity index (χ2v) is 6.99. The summed E-state index contributed by atoms with van der Waals surface area (Å²) >= 11 is 0. The molecule has 3 fully saturated rings. The van der Waals surface area contributed by atoms with Crippen molar-refractivity contribution < 1.29 is 9.53 Å². The molecule has 2 saturated heterocycles. The van der Waals surface area contributed by atoms with Gasteiger partial charge in [0.2, 0.25) is 5.91 Å². The summed E-state index contributed by atoms with van der Waals surface area (Å²) in [5.74, 6) is 1.03. The minimum atomic E-state index is -0.185. The Morgan fingerprint density at radius 3 is 2.71 bits per heavy atom. The summed E-state index contributed by atoms with van der Waals surface area (Å²) in [6.07, 6.45) is 5.79. The van der Waals surface area contributed by atoms with E-state index in [1.54, 1.807) is 0 Å². The molecule has 1 unspecified atom stereocenters. The summed E-state index contributed by atoms with van der Waals surface area (Å²) in [6.45, 7) is 2.92. The second kappa shape index (κ2) is 4.84. The van der Waals surface area contributed by atoms with E-state index in [1.807, 2.05) is 18.2 Å². The van der Waals surface area contributed by atoms with Crippen LogP contribution in [0, 0.1) is 11.8 Å².